The summed E-state index contributed by atoms with van der Waals surface area (Å²) in [7, 11) is 1.98. The second kappa shape index (κ2) is 11.8. The van der Waals surface area contributed by atoms with E-state index >= 15 is 0 Å². The smallest absolute Gasteiger partial charge is 0.322 e. The number of amides is 3. The van der Waals surface area contributed by atoms with Crippen molar-refractivity contribution >= 4 is 40.8 Å². The first kappa shape index (κ1) is 25.4. The molecule has 33 heavy (non-hydrogen) atoms. The molecule has 0 aliphatic heterocycles. The van der Waals surface area contributed by atoms with Crippen LogP contribution >= 0.6 is 23.2 Å². The molecule has 180 valence electrons. The monoisotopic (exact) mass is 492 g/mol. The highest BCUT2D eigenvalue weighted by Gasteiger charge is 2.30. The number of urea groups is 1. The van der Waals surface area contributed by atoms with Crippen LogP contribution in [0.3, 0.4) is 0 Å². The summed E-state index contributed by atoms with van der Waals surface area (Å²) in [5.74, 6) is 0.270. The van der Waals surface area contributed by atoms with Crippen LogP contribution in [-0.2, 0) is 18.4 Å². The summed E-state index contributed by atoms with van der Waals surface area (Å²) in [6.07, 6.45) is 7.06. The van der Waals surface area contributed by atoms with Crippen molar-refractivity contribution in [3.63, 3.8) is 0 Å². The third kappa shape index (κ3) is 7.15. The van der Waals surface area contributed by atoms with Gasteiger partial charge in [-0.05, 0) is 49.1 Å². The first-order valence-electron chi connectivity index (χ1n) is 11.6. The number of aryl methyl sites for hydroxylation is 1. The molecule has 1 N–H and O–H groups in total. The lowest BCUT2D eigenvalue weighted by atomic mass is 9.94. The van der Waals surface area contributed by atoms with Gasteiger partial charge in [0.05, 0.1) is 17.3 Å². The number of anilines is 1. The zero-order valence-corrected chi connectivity index (χ0v) is 21.2. The van der Waals surface area contributed by atoms with E-state index in [2.05, 4.69) is 19.2 Å². The Kier molecular flexibility index (Phi) is 9.10. The Morgan fingerprint density at radius 2 is 1.88 bits per heavy atom. The van der Waals surface area contributed by atoms with Crippen LogP contribution < -0.4 is 5.32 Å². The number of hydrogen-bond acceptors (Lipinski definition) is 2. The van der Waals surface area contributed by atoms with Crippen molar-refractivity contribution < 1.29 is 9.59 Å². The van der Waals surface area contributed by atoms with Gasteiger partial charge in [-0.15, -0.1) is 0 Å². The molecule has 1 fully saturated rings. The molecule has 0 saturated heterocycles. The van der Waals surface area contributed by atoms with Crippen molar-refractivity contribution in [2.75, 3.05) is 18.4 Å². The molecule has 2 aromatic rings. The topological polar surface area (TPSA) is 57.6 Å². The fraction of sp³-hybridized carbons (Fsp3) is 0.520. The van der Waals surface area contributed by atoms with E-state index in [9.17, 15) is 9.59 Å². The van der Waals surface area contributed by atoms with Gasteiger partial charge in [-0.2, -0.15) is 0 Å². The third-order valence-corrected chi connectivity index (χ3v) is 6.64. The molecule has 1 saturated carbocycles. The van der Waals surface area contributed by atoms with Crippen molar-refractivity contribution in [2.45, 2.75) is 58.5 Å². The molecule has 0 unspecified atom stereocenters. The molecular weight excluding hydrogens is 459 g/mol. The van der Waals surface area contributed by atoms with Crippen LogP contribution in [0.5, 0.6) is 0 Å². The Hall–Kier alpha value is -2.18. The molecule has 6 nitrogen and oxygen atoms in total. The van der Waals surface area contributed by atoms with Gasteiger partial charge in [0, 0.05) is 36.5 Å². The number of halogens is 2. The predicted octanol–water partition coefficient (Wildman–Crippen LogP) is 6.18. The Balaban J connectivity index is 1.79. The third-order valence-electron chi connectivity index (χ3n) is 6.10. The van der Waals surface area contributed by atoms with E-state index in [1.807, 2.05) is 34.8 Å². The van der Waals surface area contributed by atoms with E-state index in [-0.39, 0.29) is 24.5 Å². The minimum atomic E-state index is -0.303. The Labute approximate surface area is 206 Å². The van der Waals surface area contributed by atoms with Gasteiger partial charge in [-0.1, -0.05) is 56.3 Å². The Morgan fingerprint density at radius 3 is 2.48 bits per heavy atom. The quantitative estimate of drug-likeness (QED) is 0.477. The van der Waals surface area contributed by atoms with Gasteiger partial charge in [-0.3, -0.25) is 4.79 Å². The fourth-order valence-electron chi connectivity index (χ4n) is 4.33. The minimum absolute atomic E-state index is 0.0321. The maximum absolute atomic E-state index is 13.5. The predicted molar refractivity (Wildman–Crippen MR) is 135 cm³/mol. The summed E-state index contributed by atoms with van der Waals surface area (Å²) in [4.78, 5) is 30.4. The van der Waals surface area contributed by atoms with Crippen molar-refractivity contribution in [3.8, 4) is 0 Å². The van der Waals surface area contributed by atoms with Gasteiger partial charge in [-0.25, -0.2) is 4.79 Å². The molecule has 8 heteroatoms. The SMILES string of the molecule is CC(C)CN(Cc1cccn1C)C(=O)CN(C(=O)Nc1ccc(Cl)cc1Cl)C1CCCCC1. The largest absolute Gasteiger partial charge is 0.353 e. The van der Waals surface area contributed by atoms with Crippen LogP contribution in [0, 0.1) is 5.92 Å². The number of carbonyl (C=O) groups is 2. The van der Waals surface area contributed by atoms with Crippen LogP contribution in [0.4, 0.5) is 10.5 Å². The van der Waals surface area contributed by atoms with Crippen LogP contribution in [-0.4, -0.2) is 45.4 Å². The van der Waals surface area contributed by atoms with E-state index in [1.54, 1.807) is 23.1 Å². The second-order valence-corrected chi connectivity index (χ2v) is 10.1. The number of rotatable bonds is 8. The van der Waals surface area contributed by atoms with Crippen LogP contribution in [0.25, 0.3) is 0 Å². The van der Waals surface area contributed by atoms with Crippen molar-refractivity contribution in [1.82, 2.24) is 14.4 Å². The average Bonchev–Trinajstić information content (AvgIpc) is 3.18. The number of hydrogen-bond donors (Lipinski definition) is 1. The number of nitrogens with zero attached hydrogens (tertiary/aromatic N) is 3. The van der Waals surface area contributed by atoms with Gasteiger partial charge in [0.25, 0.3) is 0 Å². The summed E-state index contributed by atoms with van der Waals surface area (Å²) in [5, 5.41) is 3.77. The van der Waals surface area contributed by atoms with Crippen molar-refractivity contribution in [3.05, 3.63) is 52.3 Å². The molecule has 1 aliphatic carbocycles. The number of carbonyl (C=O) groups excluding carboxylic acids is 2. The van der Waals surface area contributed by atoms with Gasteiger partial charge in [0.2, 0.25) is 5.91 Å². The number of aromatic nitrogens is 1. The summed E-state index contributed by atoms with van der Waals surface area (Å²) in [5.41, 5.74) is 1.55. The molecule has 1 aliphatic rings. The summed E-state index contributed by atoms with van der Waals surface area (Å²) >= 11 is 12.3. The Bertz CT molecular complexity index is 954. The van der Waals surface area contributed by atoms with Gasteiger partial charge in [0.15, 0.2) is 0 Å². The maximum atomic E-state index is 13.5. The zero-order valence-electron chi connectivity index (χ0n) is 19.7. The van der Waals surface area contributed by atoms with Crippen LogP contribution in [0.2, 0.25) is 10.0 Å². The first-order chi connectivity index (χ1) is 15.7. The lowest BCUT2D eigenvalue weighted by molar-refractivity contribution is -0.133. The van der Waals surface area contributed by atoms with Crippen LogP contribution in [0.1, 0.15) is 51.6 Å². The summed E-state index contributed by atoms with van der Waals surface area (Å²) < 4.78 is 2.02. The molecule has 0 spiro atoms. The van der Waals surface area contributed by atoms with Crippen molar-refractivity contribution in [2.24, 2.45) is 13.0 Å². The molecule has 1 aromatic heterocycles. The first-order valence-corrected chi connectivity index (χ1v) is 12.4. The standard InChI is InChI=1S/C25H34Cl2N4O2/c1-18(2)15-30(16-21-10-7-13-29(21)3)24(32)17-31(20-8-5-4-6-9-20)25(33)28-23-12-11-19(26)14-22(23)27/h7,10-14,18,20H,4-6,8-9,15-17H2,1-3H3,(H,28,33). The van der Waals surface area contributed by atoms with Crippen LogP contribution in [0.15, 0.2) is 36.5 Å². The highest BCUT2D eigenvalue weighted by atomic mass is 35.5. The van der Waals surface area contributed by atoms with Gasteiger partial charge in [0.1, 0.15) is 6.54 Å². The second-order valence-electron chi connectivity index (χ2n) is 9.25. The maximum Gasteiger partial charge on any atom is 0.322 e. The highest BCUT2D eigenvalue weighted by Crippen LogP contribution is 2.28. The lowest BCUT2D eigenvalue weighted by Gasteiger charge is -2.36. The molecular formula is C25H34Cl2N4O2. The molecule has 1 aromatic carbocycles. The Morgan fingerprint density at radius 1 is 1.15 bits per heavy atom. The van der Waals surface area contributed by atoms with Gasteiger partial charge < -0.3 is 19.7 Å². The van der Waals surface area contributed by atoms with E-state index in [0.29, 0.717) is 34.7 Å². The molecule has 0 radical (unpaired) electrons. The minimum Gasteiger partial charge on any atom is -0.353 e. The summed E-state index contributed by atoms with van der Waals surface area (Å²) in [6.45, 7) is 5.38. The molecule has 3 amide bonds. The van der Waals surface area contributed by atoms with E-state index in [1.165, 1.54) is 0 Å². The molecule has 0 bridgehead atoms. The molecule has 3 rings (SSSR count). The number of benzene rings is 1. The molecule has 0 atom stereocenters. The van der Waals surface area contributed by atoms with E-state index in [4.69, 9.17) is 23.2 Å². The van der Waals surface area contributed by atoms with Gasteiger partial charge >= 0.3 is 6.03 Å². The normalized spacial score (nSPS) is 14.4. The zero-order chi connectivity index (χ0) is 24.0. The van der Waals surface area contributed by atoms with E-state index < -0.39 is 0 Å². The van der Waals surface area contributed by atoms with E-state index in [0.717, 1.165) is 37.8 Å². The summed E-state index contributed by atoms with van der Waals surface area (Å²) in [6, 6.07) is 8.69. The lowest BCUT2D eigenvalue weighted by Crippen LogP contribution is -2.50. The average molecular weight is 493 g/mol. The fourth-order valence-corrected chi connectivity index (χ4v) is 4.79. The molecule has 1 heterocycles. The number of nitrogens with one attached hydrogen (secondary N) is 1. The highest BCUT2D eigenvalue weighted by molar-refractivity contribution is 6.36. The van der Waals surface area contributed by atoms with Crippen molar-refractivity contribution in [1.29, 1.82) is 0 Å².